The van der Waals surface area contributed by atoms with Crippen LogP contribution < -0.4 is 10.6 Å². The number of hydrogen-bond acceptors (Lipinski definition) is 4. The van der Waals surface area contributed by atoms with Gasteiger partial charge in [-0.05, 0) is 37.8 Å². The fraction of sp³-hybridized carbons (Fsp3) is 0.625. The van der Waals surface area contributed by atoms with Gasteiger partial charge >= 0.3 is 6.03 Å². The molecule has 1 saturated heterocycles. The molecule has 2 fully saturated rings. The third kappa shape index (κ3) is 4.30. The topological polar surface area (TPSA) is 66.7 Å². The van der Waals surface area contributed by atoms with Crippen LogP contribution in [0, 0.1) is 0 Å². The average Bonchev–Trinajstić information content (AvgIpc) is 3.17. The van der Waals surface area contributed by atoms with E-state index < -0.39 is 0 Å². The highest BCUT2D eigenvalue weighted by atomic mass is 35.5. The molecule has 1 aromatic carbocycles. The fourth-order valence-electron chi connectivity index (χ4n) is 5.34. The molecule has 1 spiro atoms. The highest BCUT2D eigenvalue weighted by molar-refractivity contribution is 6.35. The number of carbonyl (C=O) groups is 1. The number of methoxy groups -OCH3 is 1. The van der Waals surface area contributed by atoms with Crippen LogP contribution in [0.3, 0.4) is 0 Å². The Labute approximate surface area is 189 Å². The van der Waals surface area contributed by atoms with Crippen LogP contribution in [0.4, 0.5) is 10.5 Å². The molecular weight excluding hydrogens is 414 g/mol. The number of nitrogens with one attached hydrogen (secondary N) is 2. The van der Waals surface area contributed by atoms with Gasteiger partial charge in [-0.3, -0.25) is 4.90 Å². The van der Waals surface area contributed by atoms with Gasteiger partial charge in [0.1, 0.15) is 11.3 Å². The number of piperidine rings is 1. The number of anilines is 1. The predicted molar refractivity (Wildman–Crippen MR) is 125 cm³/mol. The van der Waals surface area contributed by atoms with Crippen LogP contribution in [0.5, 0.6) is 0 Å². The van der Waals surface area contributed by atoms with Gasteiger partial charge in [-0.15, -0.1) is 0 Å². The van der Waals surface area contributed by atoms with Crippen molar-refractivity contribution >= 4 is 34.3 Å². The molecule has 1 aromatic heterocycles. The molecule has 3 aliphatic rings. The van der Waals surface area contributed by atoms with Gasteiger partial charge in [0.15, 0.2) is 0 Å². The van der Waals surface area contributed by atoms with Crippen LogP contribution in [-0.2, 0) is 16.8 Å². The summed E-state index contributed by atoms with van der Waals surface area (Å²) in [7, 11) is 1.79. The number of ether oxygens (including phenoxy) is 1. The van der Waals surface area contributed by atoms with Crippen LogP contribution in [-0.4, -0.2) is 37.2 Å². The van der Waals surface area contributed by atoms with Gasteiger partial charge in [0.05, 0.1) is 28.9 Å². The summed E-state index contributed by atoms with van der Waals surface area (Å²) in [6.45, 7) is 6.80. The lowest BCUT2D eigenvalue weighted by atomic mass is 9.74. The quantitative estimate of drug-likeness (QED) is 0.603. The number of rotatable bonds is 3. The molecule has 0 bridgehead atoms. The van der Waals surface area contributed by atoms with Crippen molar-refractivity contribution in [3.8, 4) is 0 Å². The molecule has 0 radical (unpaired) electrons. The Balaban J connectivity index is 0.00000112. The molecule has 1 saturated carbocycles. The van der Waals surface area contributed by atoms with Crippen LogP contribution in [0.25, 0.3) is 11.0 Å². The number of furan rings is 1. The van der Waals surface area contributed by atoms with Gasteiger partial charge in [0, 0.05) is 31.1 Å². The van der Waals surface area contributed by atoms with E-state index in [1.807, 2.05) is 19.9 Å². The molecule has 2 amide bonds. The number of nitrogens with zero attached hydrogens (tertiary/aromatic N) is 1. The molecule has 2 aliphatic heterocycles. The first kappa shape index (κ1) is 22.4. The molecule has 2 aromatic rings. The molecule has 3 heterocycles. The maximum Gasteiger partial charge on any atom is 0.319 e. The Morgan fingerprint density at radius 3 is 2.58 bits per heavy atom. The smallest absolute Gasteiger partial charge is 0.319 e. The Morgan fingerprint density at radius 1 is 1.19 bits per heavy atom. The van der Waals surface area contributed by atoms with Crippen molar-refractivity contribution < 1.29 is 13.9 Å². The number of urea groups is 1. The molecule has 5 rings (SSSR count). The summed E-state index contributed by atoms with van der Waals surface area (Å²) in [5.41, 5.74) is 2.22. The summed E-state index contributed by atoms with van der Waals surface area (Å²) in [6.07, 6.45) is 7.70. The van der Waals surface area contributed by atoms with E-state index in [0.717, 1.165) is 80.5 Å². The SMILES string of the molecule is CC.COC1CCN(Cc2cc3cc(Cl)c4c(c3o2)C2(CCCCC2)NC(=O)N4)CC1. The van der Waals surface area contributed by atoms with E-state index in [2.05, 4.69) is 21.6 Å². The lowest BCUT2D eigenvalue weighted by molar-refractivity contribution is 0.0371. The number of benzene rings is 1. The highest BCUT2D eigenvalue weighted by Crippen LogP contribution is 2.49. The lowest BCUT2D eigenvalue weighted by Gasteiger charge is -2.42. The number of halogens is 1. The Kier molecular flexibility index (Phi) is 6.80. The molecule has 0 unspecified atom stereocenters. The normalized spacial score (nSPS) is 21.2. The monoisotopic (exact) mass is 447 g/mol. The Morgan fingerprint density at radius 2 is 1.90 bits per heavy atom. The standard InChI is InChI=1S/C22H28ClN3O3.C2H6/c1-28-15-5-9-26(10-6-15)13-16-11-14-12-17(23)19-18(20(14)29-16)22(25-21(27)24-19)7-3-2-4-8-22;1-2/h11-12,15H,2-10,13H2,1H3,(H2,24,25,27);1-2H3. The number of amides is 2. The largest absolute Gasteiger partial charge is 0.459 e. The highest BCUT2D eigenvalue weighted by Gasteiger charge is 2.43. The van der Waals surface area contributed by atoms with Crippen molar-refractivity contribution in [1.29, 1.82) is 0 Å². The minimum absolute atomic E-state index is 0.173. The zero-order chi connectivity index (χ0) is 22.0. The summed E-state index contributed by atoms with van der Waals surface area (Å²) >= 11 is 6.61. The van der Waals surface area contributed by atoms with Crippen molar-refractivity contribution in [2.45, 2.75) is 77.0 Å². The minimum atomic E-state index is -0.384. The van der Waals surface area contributed by atoms with Gasteiger partial charge in [-0.25, -0.2) is 4.79 Å². The van der Waals surface area contributed by atoms with Gasteiger partial charge in [-0.1, -0.05) is 44.7 Å². The summed E-state index contributed by atoms with van der Waals surface area (Å²) in [4.78, 5) is 14.8. The average molecular weight is 448 g/mol. The molecule has 170 valence electrons. The first-order valence-electron chi connectivity index (χ1n) is 11.7. The third-order valence-electron chi connectivity index (χ3n) is 6.83. The predicted octanol–water partition coefficient (Wildman–Crippen LogP) is 6.02. The maximum atomic E-state index is 12.4. The first-order chi connectivity index (χ1) is 15.1. The van der Waals surface area contributed by atoms with Gasteiger partial charge in [0.2, 0.25) is 0 Å². The number of hydrogen-bond donors (Lipinski definition) is 2. The third-order valence-corrected chi connectivity index (χ3v) is 7.13. The van der Waals surface area contributed by atoms with Gasteiger partial charge in [0.25, 0.3) is 0 Å². The summed E-state index contributed by atoms with van der Waals surface area (Å²) in [5, 5.41) is 7.74. The summed E-state index contributed by atoms with van der Waals surface area (Å²) in [5.74, 6) is 0.947. The summed E-state index contributed by atoms with van der Waals surface area (Å²) in [6, 6.07) is 3.85. The molecule has 6 nitrogen and oxygen atoms in total. The van der Waals surface area contributed by atoms with E-state index in [-0.39, 0.29) is 11.6 Å². The van der Waals surface area contributed by atoms with E-state index in [9.17, 15) is 4.79 Å². The van der Waals surface area contributed by atoms with Crippen molar-refractivity contribution in [3.05, 3.63) is 28.5 Å². The van der Waals surface area contributed by atoms with E-state index in [4.69, 9.17) is 20.8 Å². The van der Waals surface area contributed by atoms with Crippen molar-refractivity contribution in [2.75, 3.05) is 25.5 Å². The number of carbonyl (C=O) groups excluding carboxylic acids is 1. The number of likely N-dealkylation sites (tertiary alicyclic amines) is 1. The molecule has 31 heavy (non-hydrogen) atoms. The van der Waals surface area contributed by atoms with Crippen LogP contribution >= 0.6 is 11.6 Å². The van der Waals surface area contributed by atoms with Crippen LogP contribution in [0.1, 0.15) is 70.1 Å². The van der Waals surface area contributed by atoms with E-state index in [1.54, 1.807) is 7.11 Å². The Hall–Kier alpha value is -1.76. The lowest BCUT2D eigenvalue weighted by Crippen LogP contribution is -2.52. The van der Waals surface area contributed by atoms with E-state index in [1.165, 1.54) is 6.42 Å². The molecule has 0 atom stereocenters. The molecule has 2 N–H and O–H groups in total. The number of fused-ring (bicyclic) bond motifs is 4. The van der Waals surface area contributed by atoms with Gasteiger partial charge < -0.3 is 19.8 Å². The minimum Gasteiger partial charge on any atom is -0.459 e. The fourth-order valence-corrected chi connectivity index (χ4v) is 5.60. The van der Waals surface area contributed by atoms with E-state index >= 15 is 0 Å². The summed E-state index contributed by atoms with van der Waals surface area (Å²) < 4.78 is 11.9. The molecule has 7 heteroatoms. The zero-order valence-corrected chi connectivity index (χ0v) is 19.6. The van der Waals surface area contributed by atoms with Crippen LogP contribution in [0.15, 0.2) is 16.5 Å². The van der Waals surface area contributed by atoms with Gasteiger partial charge in [-0.2, -0.15) is 0 Å². The maximum absolute atomic E-state index is 12.4. The van der Waals surface area contributed by atoms with E-state index in [0.29, 0.717) is 16.8 Å². The molecular formula is C24H34ClN3O3. The van der Waals surface area contributed by atoms with Crippen molar-refractivity contribution in [2.24, 2.45) is 0 Å². The second kappa shape index (κ2) is 9.39. The zero-order valence-electron chi connectivity index (χ0n) is 18.9. The van der Waals surface area contributed by atoms with Crippen molar-refractivity contribution in [3.63, 3.8) is 0 Å². The molecule has 1 aliphatic carbocycles. The Bertz CT molecular complexity index is 928. The van der Waals surface area contributed by atoms with Crippen LogP contribution in [0.2, 0.25) is 5.02 Å². The van der Waals surface area contributed by atoms with Crippen molar-refractivity contribution in [1.82, 2.24) is 10.2 Å². The second-order valence-corrected chi connectivity index (χ2v) is 9.08. The second-order valence-electron chi connectivity index (χ2n) is 8.67. The first-order valence-corrected chi connectivity index (χ1v) is 12.1.